The Bertz CT molecular complexity index is 554. The lowest BCUT2D eigenvalue weighted by atomic mass is 10.2. The molecule has 0 aliphatic carbocycles. The van der Waals surface area contributed by atoms with Crippen LogP contribution in [0.5, 0.6) is 0 Å². The highest BCUT2D eigenvalue weighted by atomic mass is 127. The van der Waals surface area contributed by atoms with Gasteiger partial charge in [-0.15, -0.1) is 0 Å². The highest BCUT2D eigenvalue weighted by molar-refractivity contribution is 14.1. The zero-order valence-electron chi connectivity index (χ0n) is 9.49. The molecule has 18 heavy (non-hydrogen) atoms. The highest BCUT2D eigenvalue weighted by Crippen LogP contribution is 2.11. The molecule has 0 unspecified atom stereocenters. The number of benzene rings is 2. The van der Waals surface area contributed by atoms with E-state index in [0.29, 0.717) is 12.1 Å². The largest absolute Gasteiger partial charge is 0.348 e. The van der Waals surface area contributed by atoms with E-state index >= 15 is 0 Å². The molecule has 0 radical (unpaired) electrons. The number of hydrogen-bond donors (Lipinski definition) is 1. The van der Waals surface area contributed by atoms with Crippen molar-refractivity contribution in [3.05, 3.63) is 67.7 Å². The lowest BCUT2D eigenvalue weighted by Gasteiger charge is -2.06. The van der Waals surface area contributed by atoms with Gasteiger partial charge in [0.2, 0.25) is 0 Å². The molecule has 0 aliphatic rings. The van der Waals surface area contributed by atoms with Gasteiger partial charge in [0.15, 0.2) is 0 Å². The Balaban J connectivity index is 1.98. The molecule has 1 amide bonds. The maximum absolute atomic E-state index is 11.9. The first kappa shape index (κ1) is 13.5. The van der Waals surface area contributed by atoms with Crippen molar-refractivity contribution in [3.63, 3.8) is 0 Å². The first-order chi connectivity index (χ1) is 8.65. The number of halogens is 2. The normalized spacial score (nSPS) is 10.1. The van der Waals surface area contributed by atoms with Gasteiger partial charge in [-0.25, -0.2) is 0 Å². The highest BCUT2D eigenvalue weighted by Gasteiger charge is 2.05. The Labute approximate surface area is 128 Å². The monoisotopic (exact) mass is 415 g/mol. The molecule has 92 valence electrons. The predicted molar refractivity (Wildman–Crippen MR) is 84.5 cm³/mol. The quantitative estimate of drug-likeness (QED) is 0.754. The van der Waals surface area contributed by atoms with E-state index in [4.69, 9.17) is 0 Å². The zero-order valence-corrected chi connectivity index (χ0v) is 13.2. The second-order valence-corrected chi connectivity index (χ2v) is 5.98. The van der Waals surface area contributed by atoms with Crippen LogP contribution in [-0.4, -0.2) is 5.91 Å². The molecule has 0 atom stereocenters. The van der Waals surface area contributed by atoms with Gasteiger partial charge in [-0.3, -0.25) is 4.79 Å². The summed E-state index contributed by atoms with van der Waals surface area (Å²) in [6.07, 6.45) is 0. The van der Waals surface area contributed by atoms with E-state index in [-0.39, 0.29) is 5.91 Å². The van der Waals surface area contributed by atoms with Crippen LogP contribution in [0.2, 0.25) is 0 Å². The van der Waals surface area contributed by atoms with Crippen LogP contribution in [0.4, 0.5) is 0 Å². The molecule has 2 aromatic carbocycles. The van der Waals surface area contributed by atoms with Gasteiger partial charge >= 0.3 is 0 Å². The Morgan fingerprint density at radius 3 is 2.56 bits per heavy atom. The van der Waals surface area contributed by atoms with Crippen molar-refractivity contribution in [2.45, 2.75) is 6.54 Å². The number of hydrogen-bond acceptors (Lipinski definition) is 1. The van der Waals surface area contributed by atoms with Crippen molar-refractivity contribution in [3.8, 4) is 0 Å². The Morgan fingerprint density at radius 2 is 1.89 bits per heavy atom. The van der Waals surface area contributed by atoms with Gasteiger partial charge in [0.25, 0.3) is 5.91 Å². The van der Waals surface area contributed by atoms with E-state index in [1.807, 2.05) is 48.5 Å². The van der Waals surface area contributed by atoms with Crippen LogP contribution in [0.1, 0.15) is 15.9 Å². The summed E-state index contributed by atoms with van der Waals surface area (Å²) in [6.45, 7) is 0.539. The third kappa shape index (κ3) is 3.81. The zero-order chi connectivity index (χ0) is 13.0. The van der Waals surface area contributed by atoms with Crippen molar-refractivity contribution in [2.75, 3.05) is 0 Å². The standard InChI is InChI=1S/C14H11BrINO/c15-12-6-4-10(5-7-12)9-17-14(18)11-2-1-3-13(16)8-11/h1-8H,9H2,(H,17,18). The molecule has 0 fully saturated rings. The molecule has 2 aromatic rings. The molecule has 0 heterocycles. The molecular formula is C14H11BrINO. The number of carbonyl (C=O) groups excluding carboxylic acids is 1. The fraction of sp³-hybridized carbons (Fsp3) is 0.0714. The molecule has 1 N–H and O–H groups in total. The summed E-state index contributed by atoms with van der Waals surface area (Å²) < 4.78 is 2.10. The maximum atomic E-state index is 11.9. The van der Waals surface area contributed by atoms with Gasteiger partial charge in [0, 0.05) is 20.2 Å². The molecule has 0 saturated heterocycles. The van der Waals surface area contributed by atoms with Crippen molar-refractivity contribution in [1.29, 1.82) is 0 Å². The van der Waals surface area contributed by atoms with Crippen molar-refractivity contribution in [1.82, 2.24) is 5.32 Å². The lowest BCUT2D eigenvalue weighted by Crippen LogP contribution is -2.22. The summed E-state index contributed by atoms with van der Waals surface area (Å²) in [6, 6.07) is 15.4. The number of rotatable bonds is 3. The number of amides is 1. The minimum Gasteiger partial charge on any atom is -0.348 e. The van der Waals surface area contributed by atoms with Gasteiger partial charge in [-0.1, -0.05) is 34.1 Å². The van der Waals surface area contributed by atoms with Crippen LogP contribution < -0.4 is 5.32 Å². The van der Waals surface area contributed by atoms with Gasteiger partial charge in [-0.05, 0) is 58.5 Å². The van der Waals surface area contributed by atoms with E-state index in [2.05, 4.69) is 43.8 Å². The molecule has 4 heteroatoms. The fourth-order valence-corrected chi connectivity index (χ4v) is 2.32. The average molecular weight is 416 g/mol. The Hall–Kier alpha value is -0.880. The summed E-state index contributed by atoms with van der Waals surface area (Å²) in [5, 5.41) is 2.90. The Kier molecular flexibility index (Phi) is 4.77. The first-order valence-corrected chi connectivity index (χ1v) is 7.30. The fourth-order valence-electron chi connectivity index (χ4n) is 1.52. The van der Waals surface area contributed by atoms with Crippen LogP contribution in [0.25, 0.3) is 0 Å². The minimum absolute atomic E-state index is 0.0450. The molecule has 0 aliphatic heterocycles. The second-order valence-electron chi connectivity index (χ2n) is 3.82. The van der Waals surface area contributed by atoms with E-state index < -0.39 is 0 Å². The van der Waals surface area contributed by atoms with Crippen LogP contribution >= 0.6 is 38.5 Å². The molecule has 0 bridgehead atoms. The van der Waals surface area contributed by atoms with E-state index in [1.54, 1.807) is 0 Å². The molecule has 0 spiro atoms. The molecule has 2 rings (SSSR count). The summed E-state index contributed by atoms with van der Waals surface area (Å²) in [7, 11) is 0. The van der Waals surface area contributed by atoms with Gasteiger partial charge < -0.3 is 5.32 Å². The van der Waals surface area contributed by atoms with E-state index in [1.165, 1.54) is 0 Å². The number of nitrogens with one attached hydrogen (secondary N) is 1. The van der Waals surface area contributed by atoms with E-state index in [9.17, 15) is 4.79 Å². The lowest BCUT2D eigenvalue weighted by molar-refractivity contribution is 0.0951. The number of carbonyl (C=O) groups is 1. The van der Waals surface area contributed by atoms with Crippen molar-refractivity contribution in [2.24, 2.45) is 0 Å². The summed E-state index contributed by atoms with van der Waals surface area (Å²) in [4.78, 5) is 11.9. The van der Waals surface area contributed by atoms with Crippen molar-refractivity contribution >= 4 is 44.4 Å². The van der Waals surface area contributed by atoms with Gasteiger partial charge in [0.05, 0.1) is 0 Å². The Morgan fingerprint density at radius 1 is 1.17 bits per heavy atom. The molecular weight excluding hydrogens is 405 g/mol. The van der Waals surface area contributed by atoms with Crippen LogP contribution in [0, 0.1) is 3.57 Å². The average Bonchev–Trinajstić information content (AvgIpc) is 2.38. The van der Waals surface area contributed by atoms with Crippen LogP contribution in [0.3, 0.4) is 0 Å². The van der Waals surface area contributed by atoms with Gasteiger partial charge in [0.1, 0.15) is 0 Å². The first-order valence-electron chi connectivity index (χ1n) is 5.43. The van der Waals surface area contributed by atoms with Gasteiger partial charge in [-0.2, -0.15) is 0 Å². The third-order valence-electron chi connectivity index (χ3n) is 2.45. The topological polar surface area (TPSA) is 29.1 Å². The molecule has 2 nitrogen and oxygen atoms in total. The molecule has 0 aromatic heterocycles. The SMILES string of the molecule is O=C(NCc1ccc(Br)cc1)c1cccc(I)c1. The second kappa shape index (κ2) is 6.33. The third-order valence-corrected chi connectivity index (χ3v) is 3.65. The maximum Gasteiger partial charge on any atom is 0.251 e. The summed E-state index contributed by atoms with van der Waals surface area (Å²) in [5.74, 6) is -0.0450. The van der Waals surface area contributed by atoms with Crippen molar-refractivity contribution < 1.29 is 4.79 Å². The predicted octanol–water partition coefficient (Wildman–Crippen LogP) is 3.98. The summed E-state index contributed by atoms with van der Waals surface area (Å²) >= 11 is 5.58. The minimum atomic E-state index is -0.0450. The smallest absolute Gasteiger partial charge is 0.251 e. The van der Waals surface area contributed by atoms with Crippen LogP contribution in [-0.2, 0) is 6.54 Å². The summed E-state index contributed by atoms with van der Waals surface area (Å²) in [5.41, 5.74) is 1.77. The molecule has 0 saturated carbocycles. The van der Waals surface area contributed by atoms with E-state index in [0.717, 1.165) is 13.6 Å². The van der Waals surface area contributed by atoms with Crippen LogP contribution in [0.15, 0.2) is 53.0 Å².